The lowest BCUT2D eigenvalue weighted by Gasteiger charge is -2.35. The fourth-order valence-electron chi connectivity index (χ4n) is 2.88. The molecule has 2 aliphatic heterocycles. The van der Waals surface area contributed by atoms with E-state index in [1.807, 2.05) is 0 Å². The van der Waals surface area contributed by atoms with Crippen molar-refractivity contribution in [2.24, 2.45) is 0 Å². The first-order chi connectivity index (χ1) is 11.9. The second-order valence-electron chi connectivity index (χ2n) is 6.07. The number of hydrogen-bond donors (Lipinski definition) is 1. The molecule has 138 valence electrons. The Hall–Kier alpha value is -1.94. The number of amides is 1. The molecule has 7 nitrogen and oxygen atoms in total. The van der Waals surface area contributed by atoms with E-state index < -0.39 is 11.7 Å². The number of morpholine rings is 1. The zero-order chi connectivity index (χ0) is 17.9. The van der Waals surface area contributed by atoms with Gasteiger partial charge in [0, 0.05) is 57.6 Å². The molecule has 1 amide bonds. The van der Waals surface area contributed by atoms with Gasteiger partial charge in [-0.05, 0) is 0 Å². The monoisotopic (exact) mass is 359 g/mol. The molecule has 0 spiro atoms. The summed E-state index contributed by atoms with van der Waals surface area (Å²) < 4.78 is 43.0. The Morgan fingerprint density at radius 2 is 1.92 bits per heavy atom. The topological polar surface area (TPSA) is 70.6 Å². The van der Waals surface area contributed by atoms with Gasteiger partial charge >= 0.3 is 6.18 Å². The predicted molar refractivity (Wildman–Crippen MR) is 83.1 cm³/mol. The van der Waals surface area contributed by atoms with Crippen LogP contribution in [-0.4, -0.2) is 72.8 Å². The molecule has 0 saturated carbocycles. The average Bonchev–Trinajstić information content (AvgIpc) is 2.62. The summed E-state index contributed by atoms with van der Waals surface area (Å²) >= 11 is 0. The molecule has 1 atom stereocenters. The van der Waals surface area contributed by atoms with E-state index in [2.05, 4.69) is 15.3 Å². The number of piperazine rings is 1. The Balaban J connectivity index is 1.50. The minimum Gasteiger partial charge on any atom is -0.378 e. The summed E-state index contributed by atoms with van der Waals surface area (Å²) in [5.41, 5.74) is -0.868. The number of carbonyl (C=O) groups excluding carboxylic acids is 1. The highest BCUT2D eigenvalue weighted by Crippen LogP contribution is 2.28. The van der Waals surface area contributed by atoms with Gasteiger partial charge in [-0.15, -0.1) is 0 Å². The number of anilines is 1. The maximum Gasteiger partial charge on any atom is 0.419 e. The molecule has 0 aliphatic carbocycles. The van der Waals surface area contributed by atoms with Gasteiger partial charge in [-0.3, -0.25) is 4.79 Å². The second-order valence-corrected chi connectivity index (χ2v) is 6.07. The van der Waals surface area contributed by atoms with Gasteiger partial charge in [0.2, 0.25) is 11.9 Å². The molecule has 2 saturated heterocycles. The minimum absolute atomic E-state index is 0.0394. The molecule has 25 heavy (non-hydrogen) atoms. The van der Waals surface area contributed by atoms with E-state index in [1.54, 1.807) is 9.80 Å². The molecule has 10 heteroatoms. The van der Waals surface area contributed by atoms with Crippen LogP contribution in [0.15, 0.2) is 12.4 Å². The van der Waals surface area contributed by atoms with Crippen LogP contribution in [-0.2, 0) is 15.7 Å². The molecule has 1 aromatic heterocycles. The zero-order valence-electron chi connectivity index (χ0n) is 13.6. The summed E-state index contributed by atoms with van der Waals surface area (Å²) in [6, 6.07) is 0.0394. The Labute approximate surface area is 143 Å². The molecule has 3 heterocycles. The number of alkyl halides is 3. The van der Waals surface area contributed by atoms with E-state index in [0.717, 1.165) is 18.9 Å². The van der Waals surface area contributed by atoms with E-state index in [0.29, 0.717) is 45.8 Å². The number of nitrogens with one attached hydrogen (secondary N) is 1. The highest BCUT2D eigenvalue weighted by Gasteiger charge is 2.32. The summed E-state index contributed by atoms with van der Waals surface area (Å²) in [6.45, 7) is 3.92. The Morgan fingerprint density at radius 1 is 1.24 bits per heavy atom. The van der Waals surface area contributed by atoms with Crippen LogP contribution in [0, 0.1) is 0 Å². The van der Waals surface area contributed by atoms with Gasteiger partial charge in [-0.1, -0.05) is 0 Å². The standard InChI is InChI=1S/C15H20F3N5O2/c16-15(17,18)11-8-20-14(21-9-11)23-4-2-22(3-5-23)13(24)7-12-10-25-6-1-19-12/h8-9,12,19H,1-7,10H2/t12-/m1/s1. The van der Waals surface area contributed by atoms with Crippen LogP contribution in [0.1, 0.15) is 12.0 Å². The third-order valence-electron chi connectivity index (χ3n) is 4.30. The first-order valence-corrected chi connectivity index (χ1v) is 8.16. The molecule has 0 bridgehead atoms. The summed E-state index contributed by atoms with van der Waals surface area (Å²) in [5.74, 6) is 0.304. The summed E-state index contributed by atoms with van der Waals surface area (Å²) in [4.78, 5) is 23.5. The maximum atomic E-state index is 12.5. The second kappa shape index (κ2) is 7.52. The molecule has 1 N–H and O–H groups in total. The lowest BCUT2D eigenvalue weighted by atomic mass is 10.1. The van der Waals surface area contributed by atoms with E-state index in [9.17, 15) is 18.0 Å². The molecule has 2 fully saturated rings. The molecule has 0 unspecified atom stereocenters. The molecule has 3 rings (SSSR count). The molecule has 0 aromatic carbocycles. The Kier molecular flexibility index (Phi) is 5.38. The quantitative estimate of drug-likeness (QED) is 0.849. The van der Waals surface area contributed by atoms with Gasteiger partial charge in [0.05, 0.1) is 18.8 Å². The number of hydrogen-bond acceptors (Lipinski definition) is 6. The summed E-state index contributed by atoms with van der Waals surface area (Å²) in [6.07, 6.45) is -2.49. The average molecular weight is 359 g/mol. The third kappa shape index (κ3) is 4.57. The van der Waals surface area contributed by atoms with E-state index in [1.165, 1.54) is 0 Å². The van der Waals surface area contributed by atoms with Crippen molar-refractivity contribution in [3.8, 4) is 0 Å². The van der Waals surface area contributed by atoms with Crippen molar-refractivity contribution in [3.05, 3.63) is 18.0 Å². The number of carbonyl (C=O) groups is 1. The van der Waals surface area contributed by atoms with Gasteiger partial charge in [0.25, 0.3) is 0 Å². The maximum absolute atomic E-state index is 12.5. The Bertz CT molecular complexity index is 582. The van der Waals surface area contributed by atoms with Crippen molar-refractivity contribution in [1.29, 1.82) is 0 Å². The fourth-order valence-corrected chi connectivity index (χ4v) is 2.88. The van der Waals surface area contributed by atoms with Crippen LogP contribution in [0.25, 0.3) is 0 Å². The minimum atomic E-state index is -4.44. The van der Waals surface area contributed by atoms with Gasteiger partial charge in [-0.25, -0.2) is 9.97 Å². The third-order valence-corrected chi connectivity index (χ3v) is 4.30. The number of nitrogens with zero attached hydrogens (tertiary/aromatic N) is 4. The lowest BCUT2D eigenvalue weighted by Crippen LogP contribution is -2.51. The first kappa shape index (κ1) is 17.9. The van der Waals surface area contributed by atoms with Gasteiger partial charge in [0.1, 0.15) is 0 Å². The van der Waals surface area contributed by atoms with Gasteiger partial charge < -0.3 is 19.9 Å². The number of aromatic nitrogens is 2. The van der Waals surface area contributed by atoms with Crippen LogP contribution in [0.5, 0.6) is 0 Å². The van der Waals surface area contributed by atoms with Crippen LogP contribution >= 0.6 is 0 Å². The zero-order valence-corrected chi connectivity index (χ0v) is 13.6. The van der Waals surface area contributed by atoms with Crippen molar-refractivity contribution in [1.82, 2.24) is 20.2 Å². The molecule has 0 radical (unpaired) electrons. The fraction of sp³-hybridized carbons (Fsp3) is 0.667. The summed E-state index contributed by atoms with van der Waals surface area (Å²) in [5, 5.41) is 3.25. The van der Waals surface area contributed by atoms with E-state index >= 15 is 0 Å². The molecule has 1 aromatic rings. The van der Waals surface area contributed by atoms with Crippen molar-refractivity contribution in [2.75, 3.05) is 50.8 Å². The van der Waals surface area contributed by atoms with Crippen molar-refractivity contribution >= 4 is 11.9 Å². The lowest BCUT2D eigenvalue weighted by molar-refractivity contribution is -0.138. The first-order valence-electron chi connectivity index (χ1n) is 8.16. The molecular formula is C15H20F3N5O2. The summed E-state index contributed by atoms with van der Waals surface area (Å²) in [7, 11) is 0. The highest BCUT2D eigenvalue weighted by molar-refractivity contribution is 5.77. The normalized spacial score (nSPS) is 22.1. The van der Waals surface area contributed by atoms with Crippen LogP contribution < -0.4 is 10.2 Å². The number of rotatable bonds is 3. The van der Waals surface area contributed by atoms with E-state index in [-0.39, 0.29) is 17.9 Å². The number of ether oxygens (including phenoxy) is 1. The Morgan fingerprint density at radius 3 is 2.48 bits per heavy atom. The largest absolute Gasteiger partial charge is 0.419 e. The smallest absolute Gasteiger partial charge is 0.378 e. The van der Waals surface area contributed by atoms with Crippen molar-refractivity contribution in [2.45, 2.75) is 18.6 Å². The highest BCUT2D eigenvalue weighted by atomic mass is 19.4. The molecule has 2 aliphatic rings. The van der Waals surface area contributed by atoms with Gasteiger partial charge in [0.15, 0.2) is 0 Å². The van der Waals surface area contributed by atoms with Crippen molar-refractivity contribution < 1.29 is 22.7 Å². The number of halogens is 3. The van der Waals surface area contributed by atoms with Crippen LogP contribution in [0.3, 0.4) is 0 Å². The molecular weight excluding hydrogens is 339 g/mol. The SMILES string of the molecule is O=C(C[C@@H]1COCCN1)N1CCN(c2ncc(C(F)(F)F)cn2)CC1. The van der Waals surface area contributed by atoms with Crippen molar-refractivity contribution in [3.63, 3.8) is 0 Å². The van der Waals surface area contributed by atoms with E-state index in [4.69, 9.17) is 4.74 Å². The van der Waals surface area contributed by atoms with Gasteiger partial charge in [-0.2, -0.15) is 13.2 Å². The van der Waals surface area contributed by atoms with Crippen LogP contribution in [0.4, 0.5) is 19.1 Å². The van der Waals surface area contributed by atoms with Crippen LogP contribution in [0.2, 0.25) is 0 Å². The predicted octanol–water partition coefficient (Wildman–Crippen LogP) is 0.523.